The van der Waals surface area contributed by atoms with Gasteiger partial charge in [0.25, 0.3) is 0 Å². The van der Waals surface area contributed by atoms with Gasteiger partial charge in [-0.05, 0) is 30.2 Å². The van der Waals surface area contributed by atoms with Crippen molar-refractivity contribution in [2.45, 2.75) is 19.5 Å². The van der Waals surface area contributed by atoms with Crippen LogP contribution in [0.4, 0.5) is 18.9 Å². The normalized spacial score (nSPS) is 11.4. The van der Waals surface area contributed by atoms with E-state index >= 15 is 0 Å². The van der Waals surface area contributed by atoms with Crippen LogP contribution in [0.15, 0.2) is 30.5 Å². The van der Waals surface area contributed by atoms with Crippen LogP contribution < -0.4 is 10.5 Å². The molecule has 4 nitrogen and oxygen atoms in total. The van der Waals surface area contributed by atoms with Gasteiger partial charge in [-0.3, -0.25) is 0 Å². The van der Waals surface area contributed by atoms with E-state index in [0.717, 1.165) is 24.2 Å². The molecule has 2 aromatic rings. The summed E-state index contributed by atoms with van der Waals surface area (Å²) in [5.41, 5.74) is 6.03. The smallest absolute Gasteiger partial charge is 0.422 e. The number of aryl methyl sites for hydroxylation is 1. The van der Waals surface area contributed by atoms with E-state index < -0.39 is 17.9 Å². The van der Waals surface area contributed by atoms with Crippen molar-refractivity contribution >= 4 is 5.69 Å². The lowest BCUT2D eigenvalue weighted by atomic mass is 10.1. The molecule has 1 aromatic heterocycles. The maximum absolute atomic E-state index is 12.5. The summed E-state index contributed by atoms with van der Waals surface area (Å²) in [6.45, 7) is 1.96. The van der Waals surface area contributed by atoms with Crippen LogP contribution in [0.25, 0.3) is 0 Å². The first kappa shape index (κ1) is 14.1. The van der Waals surface area contributed by atoms with Crippen molar-refractivity contribution in [3.63, 3.8) is 0 Å². The number of nitrogens with two attached hydrogens (primary N) is 1. The van der Waals surface area contributed by atoms with E-state index in [9.17, 15) is 13.2 Å². The van der Waals surface area contributed by atoms with E-state index in [1.807, 2.05) is 6.92 Å². The molecule has 2 rings (SSSR count). The van der Waals surface area contributed by atoms with Gasteiger partial charge in [-0.15, -0.1) is 0 Å². The highest BCUT2D eigenvalue weighted by Crippen LogP contribution is 2.30. The average molecular weight is 283 g/mol. The van der Waals surface area contributed by atoms with Crippen molar-refractivity contribution < 1.29 is 17.9 Å². The number of nitrogens with zero attached hydrogens (tertiary/aromatic N) is 2. The molecule has 0 radical (unpaired) electrons. The van der Waals surface area contributed by atoms with Gasteiger partial charge in [0.05, 0.1) is 5.69 Å². The van der Waals surface area contributed by atoms with Gasteiger partial charge in [0.2, 0.25) is 0 Å². The first-order valence-corrected chi connectivity index (χ1v) is 5.86. The van der Waals surface area contributed by atoms with E-state index in [1.165, 1.54) is 0 Å². The Balaban J connectivity index is 2.26. The topological polar surface area (TPSA) is 61.0 Å². The van der Waals surface area contributed by atoms with Crippen molar-refractivity contribution in [2.75, 3.05) is 5.73 Å². The van der Waals surface area contributed by atoms with Crippen LogP contribution in [0.5, 0.6) is 11.8 Å². The minimum absolute atomic E-state index is 0.224. The molecular weight excluding hydrogens is 271 g/mol. The van der Waals surface area contributed by atoms with Gasteiger partial charge in [0, 0.05) is 6.20 Å². The van der Waals surface area contributed by atoms with Gasteiger partial charge in [-0.25, -0.2) is 4.98 Å². The van der Waals surface area contributed by atoms with Crippen LogP contribution in [0, 0.1) is 0 Å². The molecular formula is C13H12F3N3O. The van der Waals surface area contributed by atoms with E-state index in [2.05, 4.69) is 9.97 Å². The van der Waals surface area contributed by atoms with Gasteiger partial charge in [-0.2, -0.15) is 18.2 Å². The van der Waals surface area contributed by atoms with E-state index in [-0.39, 0.29) is 5.75 Å². The Morgan fingerprint density at radius 1 is 1.25 bits per heavy atom. The second kappa shape index (κ2) is 5.36. The van der Waals surface area contributed by atoms with Crippen LogP contribution in [-0.4, -0.2) is 9.97 Å². The number of hydrogen-bond acceptors (Lipinski definition) is 4. The molecule has 0 bridgehead atoms. The second-order valence-corrected chi connectivity index (χ2v) is 4.05. The van der Waals surface area contributed by atoms with Gasteiger partial charge in [-0.1, -0.05) is 13.0 Å². The average Bonchev–Trinajstić information content (AvgIpc) is 2.40. The van der Waals surface area contributed by atoms with Crippen LogP contribution in [-0.2, 0) is 12.6 Å². The molecule has 0 unspecified atom stereocenters. The summed E-state index contributed by atoms with van der Waals surface area (Å²) in [6, 6.07) is 5.44. The van der Waals surface area contributed by atoms with Crippen molar-refractivity contribution in [2.24, 2.45) is 0 Å². The molecule has 0 saturated heterocycles. The van der Waals surface area contributed by atoms with Gasteiger partial charge < -0.3 is 10.5 Å². The molecule has 20 heavy (non-hydrogen) atoms. The lowest BCUT2D eigenvalue weighted by Crippen LogP contribution is -2.09. The predicted molar refractivity (Wildman–Crippen MR) is 67.3 cm³/mol. The summed E-state index contributed by atoms with van der Waals surface area (Å²) in [5.74, 6) is 0.224. The number of halogens is 3. The Bertz CT molecular complexity index is 614. The van der Waals surface area contributed by atoms with E-state index in [0.29, 0.717) is 5.69 Å². The standard InChI is InChI=1S/C13H12F3N3O/c1-2-8-3-4-10(9(17)7-8)20-12-18-6-5-11(19-12)13(14,15)16/h3-7H,2,17H2,1H3. The second-order valence-electron chi connectivity index (χ2n) is 4.05. The Hall–Kier alpha value is -2.31. The Morgan fingerprint density at radius 2 is 2.00 bits per heavy atom. The summed E-state index contributed by atoms with van der Waals surface area (Å²) in [7, 11) is 0. The lowest BCUT2D eigenvalue weighted by Gasteiger charge is -2.10. The number of aromatic nitrogens is 2. The maximum atomic E-state index is 12.5. The van der Waals surface area contributed by atoms with Crippen LogP contribution in [0.3, 0.4) is 0 Å². The van der Waals surface area contributed by atoms with E-state index in [4.69, 9.17) is 10.5 Å². The van der Waals surface area contributed by atoms with E-state index in [1.54, 1.807) is 18.2 Å². The van der Waals surface area contributed by atoms with Crippen molar-refractivity contribution in [1.29, 1.82) is 0 Å². The molecule has 0 atom stereocenters. The Morgan fingerprint density at radius 3 is 2.60 bits per heavy atom. The van der Waals surface area contributed by atoms with Gasteiger partial charge in [0.1, 0.15) is 0 Å². The molecule has 2 N–H and O–H groups in total. The Kier molecular flexibility index (Phi) is 3.78. The third-order valence-electron chi connectivity index (χ3n) is 2.61. The molecule has 0 fully saturated rings. The quantitative estimate of drug-likeness (QED) is 0.877. The summed E-state index contributed by atoms with van der Waals surface area (Å²) in [6.07, 6.45) is -2.76. The zero-order valence-corrected chi connectivity index (χ0v) is 10.6. The fraction of sp³-hybridized carbons (Fsp3) is 0.231. The highest BCUT2D eigenvalue weighted by Gasteiger charge is 2.33. The molecule has 0 aliphatic carbocycles. The van der Waals surface area contributed by atoms with Gasteiger partial charge in [0.15, 0.2) is 11.4 Å². The number of rotatable bonds is 3. The molecule has 0 spiro atoms. The molecule has 0 aliphatic rings. The van der Waals surface area contributed by atoms with Crippen LogP contribution >= 0.6 is 0 Å². The third kappa shape index (κ3) is 3.17. The largest absolute Gasteiger partial charge is 0.433 e. The molecule has 1 heterocycles. The first-order chi connectivity index (χ1) is 9.40. The summed E-state index contributed by atoms with van der Waals surface area (Å²) in [5, 5.41) is 0. The molecule has 0 saturated carbocycles. The van der Waals surface area contributed by atoms with Crippen LogP contribution in [0.2, 0.25) is 0 Å². The number of ether oxygens (including phenoxy) is 1. The summed E-state index contributed by atoms with van der Waals surface area (Å²) >= 11 is 0. The van der Waals surface area contributed by atoms with Crippen LogP contribution in [0.1, 0.15) is 18.2 Å². The van der Waals surface area contributed by atoms with Crippen molar-refractivity contribution in [3.8, 4) is 11.8 Å². The minimum atomic E-state index is -4.54. The number of alkyl halides is 3. The molecule has 106 valence electrons. The zero-order valence-electron chi connectivity index (χ0n) is 10.6. The zero-order chi connectivity index (χ0) is 14.8. The molecule has 0 aliphatic heterocycles. The lowest BCUT2D eigenvalue weighted by molar-refractivity contribution is -0.141. The summed E-state index contributed by atoms with van der Waals surface area (Å²) in [4.78, 5) is 6.95. The molecule has 7 heteroatoms. The number of nitrogen functional groups attached to an aromatic ring is 1. The molecule has 0 amide bonds. The number of benzene rings is 1. The molecule has 1 aromatic carbocycles. The maximum Gasteiger partial charge on any atom is 0.433 e. The van der Waals surface area contributed by atoms with Gasteiger partial charge >= 0.3 is 12.2 Å². The van der Waals surface area contributed by atoms with Crippen molar-refractivity contribution in [3.05, 3.63) is 41.7 Å². The highest BCUT2D eigenvalue weighted by atomic mass is 19.4. The SMILES string of the molecule is CCc1ccc(Oc2nccc(C(F)(F)F)n2)c(N)c1. The predicted octanol–water partition coefficient (Wildman–Crippen LogP) is 3.43. The first-order valence-electron chi connectivity index (χ1n) is 5.86. The van der Waals surface area contributed by atoms with Crippen molar-refractivity contribution in [1.82, 2.24) is 9.97 Å². The Labute approximate surface area is 113 Å². The fourth-order valence-corrected chi connectivity index (χ4v) is 1.56. The third-order valence-corrected chi connectivity index (χ3v) is 2.61. The number of hydrogen-bond donors (Lipinski definition) is 1. The number of anilines is 1. The monoisotopic (exact) mass is 283 g/mol. The summed E-state index contributed by atoms with van der Waals surface area (Å²) < 4.78 is 42.7. The fourth-order valence-electron chi connectivity index (χ4n) is 1.56. The highest BCUT2D eigenvalue weighted by molar-refractivity contribution is 5.55. The minimum Gasteiger partial charge on any atom is -0.422 e.